The third kappa shape index (κ3) is 4.02. The van der Waals surface area contributed by atoms with Crippen molar-refractivity contribution in [1.29, 1.82) is 0 Å². The zero-order valence-electron chi connectivity index (χ0n) is 12.1. The molecule has 1 N–H and O–H groups in total. The van der Waals surface area contributed by atoms with Gasteiger partial charge in [0, 0.05) is 5.30 Å². The van der Waals surface area contributed by atoms with Gasteiger partial charge in [-0.2, -0.15) is 0 Å². The highest BCUT2D eigenvalue weighted by Crippen LogP contribution is 2.42. The molecule has 1 aliphatic carbocycles. The van der Waals surface area contributed by atoms with Gasteiger partial charge in [-0.3, -0.25) is 0 Å². The molecular formula is C16H25O2P. The summed E-state index contributed by atoms with van der Waals surface area (Å²) in [7, 11) is -1.47. The van der Waals surface area contributed by atoms with Crippen LogP contribution < -0.4 is 5.30 Å². The van der Waals surface area contributed by atoms with E-state index >= 15 is 0 Å². The minimum absolute atomic E-state index is 0.208. The minimum Gasteiger partial charge on any atom is -0.346 e. The van der Waals surface area contributed by atoms with Crippen LogP contribution in [-0.4, -0.2) is 11.0 Å². The molecule has 1 aromatic rings. The standard InChI is InChI=1S/C16H25O2P/c1-12(2)15-10-9-13(3)11-16(15)18-19(17)14-7-5-4-6-8-14/h4-8,12-13,15-17H,9-11H2,1-3H3/t13-,15+,16-,19+/m1/s1. The van der Waals surface area contributed by atoms with Gasteiger partial charge in [0.15, 0.2) is 0 Å². The van der Waals surface area contributed by atoms with Crippen molar-refractivity contribution in [2.24, 2.45) is 17.8 Å². The van der Waals surface area contributed by atoms with Gasteiger partial charge in [0.25, 0.3) is 0 Å². The molecule has 0 aliphatic heterocycles. The summed E-state index contributed by atoms with van der Waals surface area (Å²) in [4.78, 5) is 10.3. The van der Waals surface area contributed by atoms with Gasteiger partial charge in [-0.1, -0.05) is 45.4 Å². The fourth-order valence-electron chi connectivity index (χ4n) is 2.98. The molecule has 0 aromatic heterocycles. The molecule has 19 heavy (non-hydrogen) atoms. The number of rotatable bonds is 4. The Kier molecular flexibility index (Phi) is 5.38. The first kappa shape index (κ1) is 15.0. The molecule has 1 saturated carbocycles. The Labute approximate surface area is 118 Å². The summed E-state index contributed by atoms with van der Waals surface area (Å²) in [5.41, 5.74) is 0. The molecule has 0 radical (unpaired) electrons. The van der Waals surface area contributed by atoms with E-state index in [1.165, 1.54) is 12.8 Å². The third-order valence-electron chi connectivity index (χ3n) is 4.17. The van der Waals surface area contributed by atoms with Crippen LogP contribution in [0.3, 0.4) is 0 Å². The van der Waals surface area contributed by atoms with Crippen LogP contribution in [-0.2, 0) is 4.52 Å². The zero-order valence-corrected chi connectivity index (χ0v) is 13.0. The van der Waals surface area contributed by atoms with E-state index in [1.54, 1.807) is 0 Å². The lowest BCUT2D eigenvalue weighted by Crippen LogP contribution is -2.33. The van der Waals surface area contributed by atoms with Crippen LogP contribution in [0.4, 0.5) is 0 Å². The van der Waals surface area contributed by atoms with Crippen LogP contribution in [0, 0.1) is 17.8 Å². The van der Waals surface area contributed by atoms with Gasteiger partial charge in [-0.05, 0) is 42.7 Å². The second-order valence-electron chi connectivity index (χ2n) is 6.08. The molecule has 0 saturated heterocycles. The second kappa shape index (κ2) is 6.83. The van der Waals surface area contributed by atoms with E-state index in [9.17, 15) is 4.89 Å². The van der Waals surface area contributed by atoms with Crippen molar-refractivity contribution < 1.29 is 9.42 Å². The van der Waals surface area contributed by atoms with Crippen LogP contribution in [0.15, 0.2) is 30.3 Å². The van der Waals surface area contributed by atoms with Crippen molar-refractivity contribution in [2.75, 3.05) is 0 Å². The zero-order chi connectivity index (χ0) is 13.8. The highest BCUT2D eigenvalue weighted by molar-refractivity contribution is 7.55. The molecule has 106 valence electrons. The van der Waals surface area contributed by atoms with E-state index in [0.717, 1.165) is 11.7 Å². The molecule has 1 aliphatic rings. The number of benzene rings is 1. The van der Waals surface area contributed by atoms with E-state index in [-0.39, 0.29) is 6.10 Å². The summed E-state index contributed by atoms with van der Waals surface area (Å²) in [6.45, 7) is 6.81. The highest BCUT2D eigenvalue weighted by Gasteiger charge is 2.33. The number of hydrogen-bond donors (Lipinski definition) is 1. The van der Waals surface area contributed by atoms with E-state index in [2.05, 4.69) is 20.8 Å². The maximum absolute atomic E-state index is 10.3. The molecule has 3 heteroatoms. The predicted molar refractivity (Wildman–Crippen MR) is 81.4 cm³/mol. The maximum Gasteiger partial charge on any atom is 0.202 e. The molecule has 0 heterocycles. The van der Waals surface area contributed by atoms with Gasteiger partial charge in [0.2, 0.25) is 8.38 Å². The Morgan fingerprint density at radius 1 is 1.21 bits per heavy atom. The Bertz CT molecular complexity index is 380. The average Bonchev–Trinajstić information content (AvgIpc) is 2.39. The van der Waals surface area contributed by atoms with Gasteiger partial charge < -0.3 is 9.42 Å². The first-order valence-corrected chi connectivity index (χ1v) is 8.50. The van der Waals surface area contributed by atoms with E-state index in [4.69, 9.17) is 4.52 Å². The van der Waals surface area contributed by atoms with Crippen LogP contribution in [0.25, 0.3) is 0 Å². The molecule has 0 amide bonds. The number of hydrogen-bond acceptors (Lipinski definition) is 2. The Balaban J connectivity index is 2.02. The Morgan fingerprint density at radius 2 is 1.89 bits per heavy atom. The monoisotopic (exact) mass is 280 g/mol. The first-order chi connectivity index (χ1) is 9.08. The molecular weight excluding hydrogens is 255 g/mol. The van der Waals surface area contributed by atoms with E-state index in [1.807, 2.05) is 30.3 Å². The lowest BCUT2D eigenvalue weighted by Gasteiger charge is -2.37. The van der Waals surface area contributed by atoms with Crippen molar-refractivity contribution in [3.63, 3.8) is 0 Å². The summed E-state index contributed by atoms with van der Waals surface area (Å²) in [5.74, 6) is 1.91. The smallest absolute Gasteiger partial charge is 0.202 e. The van der Waals surface area contributed by atoms with E-state index in [0.29, 0.717) is 17.8 Å². The molecule has 1 fully saturated rings. The first-order valence-electron chi connectivity index (χ1n) is 7.28. The summed E-state index contributed by atoms with van der Waals surface area (Å²) >= 11 is 0. The SMILES string of the molecule is CC(C)[C@@H]1CC[C@@H](C)C[C@H]1O[P@](O)c1ccccc1. The van der Waals surface area contributed by atoms with Crippen LogP contribution in [0.1, 0.15) is 40.0 Å². The van der Waals surface area contributed by atoms with Crippen molar-refractivity contribution in [2.45, 2.75) is 46.1 Å². The van der Waals surface area contributed by atoms with E-state index < -0.39 is 8.38 Å². The summed E-state index contributed by atoms with van der Waals surface area (Å²) in [6, 6.07) is 9.76. The topological polar surface area (TPSA) is 29.5 Å². The molecule has 2 nitrogen and oxygen atoms in total. The maximum atomic E-state index is 10.3. The minimum atomic E-state index is -1.47. The quantitative estimate of drug-likeness (QED) is 0.842. The molecule has 0 bridgehead atoms. The third-order valence-corrected chi connectivity index (χ3v) is 5.38. The molecule has 1 aromatic carbocycles. The van der Waals surface area contributed by atoms with Gasteiger partial charge >= 0.3 is 0 Å². The van der Waals surface area contributed by atoms with Crippen LogP contribution >= 0.6 is 8.38 Å². The van der Waals surface area contributed by atoms with Crippen molar-refractivity contribution >= 4 is 13.7 Å². The summed E-state index contributed by atoms with van der Waals surface area (Å²) in [5, 5.41) is 0.915. The van der Waals surface area contributed by atoms with Crippen LogP contribution in [0.5, 0.6) is 0 Å². The Hall–Kier alpha value is -0.430. The van der Waals surface area contributed by atoms with Crippen molar-refractivity contribution in [3.8, 4) is 0 Å². The average molecular weight is 280 g/mol. The fraction of sp³-hybridized carbons (Fsp3) is 0.625. The predicted octanol–water partition coefficient (Wildman–Crippen LogP) is 4.09. The fourth-order valence-corrected chi connectivity index (χ4v) is 4.03. The normalized spacial score (nSPS) is 29.4. The lowest BCUT2D eigenvalue weighted by atomic mass is 9.75. The van der Waals surface area contributed by atoms with Gasteiger partial charge in [0.1, 0.15) is 0 Å². The Morgan fingerprint density at radius 3 is 2.53 bits per heavy atom. The summed E-state index contributed by atoms with van der Waals surface area (Å²) < 4.78 is 6.04. The van der Waals surface area contributed by atoms with Crippen molar-refractivity contribution in [3.05, 3.63) is 30.3 Å². The van der Waals surface area contributed by atoms with Gasteiger partial charge in [-0.25, -0.2) is 0 Å². The second-order valence-corrected chi connectivity index (χ2v) is 7.35. The summed E-state index contributed by atoms with van der Waals surface area (Å²) in [6.07, 6.45) is 3.80. The molecule has 2 rings (SSSR count). The van der Waals surface area contributed by atoms with Crippen LogP contribution in [0.2, 0.25) is 0 Å². The van der Waals surface area contributed by atoms with Gasteiger partial charge in [0.05, 0.1) is 6.10 Å². The van der Waals surface area contributed by atoms with Gasteiger partial charge in [-0.15, -0.1) is 0 Å². The molecule has 0 unspecified atom stereocenters. The highest BCUT2D eigenvalue weighted by atomic mass is 31.2. The molecule has 0 spiro atoms. The van der Waals surface area contributed by atoms with Crippen molar-refractivity contribution in [1.82, 2.24) is 0 Å². The molecule has 4 atom stereocenters. The largest absolute Gasteiger partial charge is 0.346 e. The lowest BCUT2D eigenvalue weighted by molar-refractivity contribution is 0.0492.